The monoisotopic (exact) mass is 245 g/mol. The fraction of sp³-hybridized carbons (Fsp3) is 0.588. The second-order valence-corrected chi connectivity index (χ2v) is 4.87. The lowest BCUT2D eigenvalue weighted by Gasteiger charge is -2.26. The quantitative estimate of drug-likeness (QED) is 0.645. The minimum Gasteiger partial charge on any atom is -0.202 e. The summed E-state index contributed by atoms with van der Waals surface area (Å²) >= 11 is 0. The molecular formula is C17H27N. The van der Waals surface area contributed by atoms with Crippen LogP contribution in [-0.2, 0) is 0 Å². The van der Waals surface area contributed by atoms with Crippen LogP contribution in [-0.4, -0.2) is 0 Å². The second-order valence-electron chi connectivity index (χ2n) is 4.87. The average Bonchev–Trinajstić information content (AvgIpc) is 2.45. The van der Waals surface area contributed by atoms with Gasteiger partial charge in [0.05, 0.1) is 0 Å². The van der Waals surface area contributed by atoms with Crippen LogP contribution in [0.2, 0.25) is 0 Å². The first-order valence-electron chi connectivity index (χ1n) is 7.08. The highest BCUT2D eigenvalue weighted by molar-refractivity contribution is 5.24. The van der Waals surface area contributed by atoms with Crippen molar-refractivity contribution in [3.63, 3.8) is 0 Å². The Kier molecular flexibility index (Phi) is 9.01. The molecule has 0 bridgehead atoms. The molecule has 0 heterocycles. The van der Waals surface area contributed by atoms with Gasteiger partial charge in [0.2, 0.25) is 0 Å². The largest absolute Gasteiger partial charge is 0.202 e. The molecule has 0 amide bonds. The summed E-state index contributed by atoms with van der Waals surface area (Å²) in [7, 11) is 0. The van der Waals surface area contributed by atoms with Crippen molar-refractivity contribution in [1.29, 1.82) is 5.26 Å². The topological polar surface area (TPSA) is 23.8 Å². The van der Waals surface area contributed by atoms with Crippen LogP contribution in [0, 0.1) is 24.7 Å². The van der Waals surface area contributed by atoms with Gasteiger partial charge in [-0.05, 0) is 37.2 Å². The van der Waals surface area contributed by atoms with Crippen molar-refractivity contribution in [3.8, 4) is 6.57 Å². The minimum absolute atomic E-state index is 0.840. The second kappa shape index (κ2) is 9.71. The SMILES string of the molecule is C#N.CC.Cc1ccc(C2CCC(C)CC2)cc1. The van der Waals surface area contributed by atoms with E-state index in [0.29, 0.717) is 0 Å². The first kappa shape index (κ1) is 16.7. The van der Waals surface area contributed by atoms with Gasteiger partial charge in [-0.3, -0.25) is 0 Å². The molecule has 1 aromatic carbocycles. The van der Waals surface area contributed by atoms with E-state index in [1.165, 1.54) is 31.2 Å². The van der Waals surface area contributed by atoms with Crippen molar-refractivity contribution in [3.05, 3.63) is 35.4 Å². The number of hydrogen-bond acceptors (Lipinski definition) is 1. The van der Waals surface area contributed by atoms with Crippen molar-refractivity contribution < 1.29 is 0 Å². The van der Waals surface area contributed by atoms with Crippen molar-refractivity contribution in [2.24, 2.45) is 5.92 Å². The molecule has 0 N–H and O–H groups in total. The molecule has 0 atom stereocenters. The molecule has 1 nitrogen and oxygen atoms in total. The Morgan fingerprint density at radius 2 is 1.39 bits per heavy atom. The van der Waals surface area contributed by atoms with Gasteiger partial charge in [-0.1, -0.05) is 63.4 Å². The van der Waals surface area contributed by atoms with Gasteiger partial charge in [-0.25, -0.2) is 5.26 Å². The molecule has 0 saturated heterocycles. The van der Waals surface area contributed by atoms with Gasteiger partial charge < -0.3 is 0 Å². The molecule has 1 fully saturated rings. The van der Waals surface area contributed by atoms with E-state index in [1.54, 1.807) is 5.56 Å². The van der Waals surface area contributed by atoms with Crippen LogP contribution in [0.4, 0.5) is 0 Å². The summed E-state index contributed by atoms with van der Waals surface area (Å²) < 4.78 is 0. The molecule has 1 aliphatic rings. The van der Waals surface area contributed by atoms with E-state index < -0.39 is 0 Å². The van der Waals surface area contributed by atoms with E-state index in [2.05, 4.69) is 44.7 Å². The van der Waals surface area contributed by atoms with Crippen molar-refractivity contribution in [1.82, 2.24) is 0 Å². The summed E-state index contributed by atoms with van der Waals surface area (Å²) in [6.07, 6.45) is 5.62. The van der Waals surface area contributed by atoms with E-state index in [0.717, 1.165) is 11.8 Å². The number of nitriles is 1. The molecule has 1 aliphatic carbocycles. The summed E-state index contributed by atoms with van der Waals surface area (Å²) in [5, 5.41) is 6.50. The predicted octanol–water partition coefficient (Wildman–Crippen LogP) is 5.45. The fourth-order valence-electron chi connectivity index (χ4n) is 2.43. The zero-order chi connectivity index (χ0) is 14.0. The highest BCUT2D eigenvalue weighted by Crippen LogP contribution is 2.35. The van der Waals surface area contributed by atoms with Crippen LogP contribution in [0.3, 0.4) is 0 Å². The smallest absolute Gasteiger partial charge is 0.0462 e. The molecular weight excluding hydrogens is 218 g/mol. The van der Waals surface area contributed by atoms with E-state index in [9.17, 15) is 0 Å². The Balaban J connectivity index is 0.000000659. The molecule has 0 spiro atoms. The third-order valence-corrected chi connectivity index (χ3v) is 3.56. The van der Waals surface area contributed by atoms with E-state index in [1.807, 2.05) is 13.8 Å². The Morgan fingerprint density at radius 3 is 1.83 bits per heavy atom. The Hall–Kier alpha value is -1.29. The summed E-state index contributed by atoms with van der Waals surface area (Å²) in [4.78, 5) is 0. The molecule has 1 aromatic rings. The van der Waals surface area contributed by atoms with Gasteiger partial charge in [-0.15, -0.1) is 0 Å². The molecule has 100 valence electrons. The lowest BCUT2D eigenvalue weighted by atomic mass is 9.79. The molecule has 1 saturated carbocycles. The van der Waals surface area contributed by atoms with Gasteiger partial charge in [0.15, 0.2) is 0 Å². The first-order chi connectivity index (χ1) is 8.75. The third kappa shape index (κ3) is 5.36. The molecule has 0 unspecified atom stereocenters. The van der Waals surface area contributed by atoms with Crippen molar-refractivity contribution in [2.75, 3.05) is 0 Å². The Labute approximate surface area is 113 Å². The number of rotatable bonds is 1. The predicted molar refractivity (Wildman–Crippen MR) is 79.6 cm³/mol. The van der Waals surface area contributed by atoms with Crippen LogP contribution < -0.4 is 0 Å². The molecule has 2 rings (SSSR count). The maximum absolute atomic E-state index is 6.50. The maximum atomic E-state index is 6.50. The average molecular weight is 245 g/mol. The summed E-state index contributed by atoms with van der Waals surface area (Å²) in [6, 6.07) is 9.12. The summed E-state index contributed by atoms with van der Waals surface area (Å²) in [5.74, 6) is 1.79. The van der Waals surface area contributed by atoms with Crippen LogP contribution in [0.15, 0.2) is 24.3 Å². The zero-order valence-electron chi connectivity index (χ0n) is 12.3. The van der Waals surface area contributed by atoms with Gasteiger partial charge in [0.1, 0.15) is 0 Å². The number of nitrogens with zero attached hydrogens (tertiary/aromatic N) is 1. The highest BCUT2D eigenvalue weighted by atomic mass is 14.2. The lowest BCUT2D eigenvalue weighted by molar-refractivity contribution is 0.348. The minimum atomic E-state index is 0.840. The number of benzene rings is 1. The van der Waals surface area contributed by atoms with Crippen LogP contribution >= 0.6 is 0 Å². The van der Waals surface area contributed by atoms with Gasteiger partial charge >= 0.3 is 0 Å². The first-order valence-corrected chi connectivity index (χ1v) is 7.08. The van der Waals surface area contributed by atoms with Crippen LogP contribution in [0.25, 0.3) is 0 Å². The molecule has 0 radical (unpaired) electrons. The van der Waals surface area contributed by atoms with Crippen molar-refractivity contribution >= 4 is 0 Å². The highest BCUT2D eigenvalue weighted by Gasteiger charge is 2.19. The van der Waals surface area contributed by atoms with Gasteiger partial charge in [0, 0.05) is 6.57 Å². The lowest BCUT2D eigenvalue weighted by Crippen LogP contribution is -2.10. The summed E-state index contributed by atoms with van der Waals surface area (Å²) in [5.41, 5.74) is 2.93. The molecule has 1 heteroatoms. The van der Waals surface area contributed by atoms with Crippen LogP contribution in [0.1, 0.15) is 63.5 Å². The van der Waals surface area contributed by atoms with Crippen molar-refractivity contribution in [2.45, 2.75) is 59.3 Å². The van der Waals surface area contributed by atoms with E-state index in [-0.39, 0.29) is 0 Å². The third-order valence-electron chi connectivity index (χ3n) is 3.56. The molecule has 0 aromatic heterocycles. The van der Waals surface area contributed by atoms with Crippen LogP contribution in [0.5, 0.6) is 0 Å². The number of aryl methyl sites for hydroxylation is 1. The fourth-order valence-corrected chi connectivity index (χ4v) is 2.43. The maximum Gasteiger partial charge on any atom is 0.0462 e. The van der Waals surface area contributed by atoms with Gasteiger partial charge in [-0.2, -0.15) is 0 Å². The molecule has 0 aliphatic heterocycles. The molecule has 18 heavy (non-hydrogen) atoms. The Morgan fingerprint density at radius 1 is 0.944 bits per heavy atom. The van der Waals surface area contributed by atoms with E-state index in [4.69, 9.17) is 5.26 Å². The standard InChI is InChI=1S/C14H20.C2H6.CHN/c1-11-3-7-13(8-4-11)14-9-5-12(2)6-10-14;2*1-2/h3-4,7-8,12,14H,5-6,9-10H2,1-2H3;1-2H3;1H. The zero-order valence-corrected chi connectivity index (χ0v) is 12.3. The van der Waals surface area contributed by atoms with E-state index >= 15 is 0 Å². The summed E-state index contributed by atoms with van der Waals surface area (Å²) in [6.45, 7) is 12.0. The Bertz CT molecular complexity index is 315. The number of hydrogen-bond donors (Lipinski definition) is 0. The normalized spacial score (nSPS) is 21.9. The van der Waals surface area contributed by atoms with Gasteiger partial charge in [0.25, 0.3) is 0 Å².